The number of halogens is 4. The van der Waals surface area contributed by atoms with Crippen molar-refractivity contribution in [1.82, 2.24) is 10.0 Å². The van der Waals surface area contributed by atoms with Crippen molar-refractivity contribution in [3.63, 3.8) is 0 Å². The average Bonchev–Trinajstić information content (AvgIpc) is 2.40. The number of hydrazine groups is 1. The zero-order chi connectivity index (χ0) is 15.4. The first-order valence-electron chi connectivity index (χ1n) is 5.27. The summed E-state index contributed by atoms with van der Waals surface area (Å²) in [5.41, 5.74) is -0.443. The van der Waals surface area contributed by atoms with Crippen LogP contribution in [-0.4, -0.2) is 43.1 Å². The number of hydrogen-bond donors (Lipinski definition) is 0. The Morgan fingerprint density at radius 1 is 1.25 bits per heavy atom. The number of carbonyl (C=O) groups is 2. The van der Waals surface area contributed by atoms with E-state index in [1.165, 1.54) is 0 Å². The van der Waals surface area contributed by atoms with E-state index >= 15 is 0 Å². The molecule has 0 saturated heterocycles. The van der Waals surface area contributed by atoms with Crippen LogP contribution in [0.15, 0.2) is 18.2 Å². The third-order valence-corrected chi connectivity index (χ3v) is 2.49. The molecular weight excluding hydrogens is 282 g/mol. The highest BCUT2D eigenvalue weighted by Crippen LogP contribution is 2.20. The highest BCUT2D eigenvalue weighted by atomic mass is 19.3. The molecule has 5 nitrogen and oxygen atoms in total. The summed E-state index contributed by atoms with van der Waals surface area (Å²) in [6.45, 7) is -3.24. The Morgan fingerprint density at radius 3 is 2.35 bits per heavy atom. The Morgan fingerprint density at radius 2 is 1.85 bits per heavy atom. The molecule has 1 aromatic carbocycles. The normalized spacial score (nSPS) is 10.3. The largest absolute Gasteiger partial charge is 0.343 e. The van der Waals surface area contributed by atoms with Gasteiger partial charge in [-0.3, -0.25) is 9.69 Å². The van der Waals surface area contributed by atoms with Crippen molar-refractivity contribution in [2.45, 2.75) is 6.55 Å². The Hall–Kier alpha value is -2.32. The lowest BCUT2D eigenvalue weighted by molar-refractivity contribution is -0.155. The second-order valence-electron chi connectivity index (χ2n) is 3.72. The third kappa shape index (κ3) is 3.16. The molecule has 3 amide bonds. The smallest absolute Gasteiger partial charge is 0.293 e. The predicted molar refractivity (Wildman–Crippen MR) is 61.8 cm³/mol. The van der Waals surface area contributed by atoms with Crippen molar-refractivity contribution in [2.75, 3.05) is 19.0 Å². The van der Waals surface area contributed by atoms with Crippen LogP contribution >= 0.6 is 0 Å². The summed E-state index contributed by atoms with van der Waals surface area (Å²) in [6.07, 6.45) is -0.252. The number of nitrogens with zero attached hydrogens (tertiary/aromatic N) is 3. The van der Waals surface area contributed by atoms with Gasteiger partial charge in [-0.25, -0.2) is 18.6 Å². The molecule has 0 unspecified atom stereocenters. The van der Waals surface area contributed by atoms with E-state index < -0.39 is 29.9 Å². The van der Waals surface area contributed by atoms with E-state index in [2.05, 4.69) is 0 Å². The van der Waals surface area contributed by atoms with Crippen molar-refractivity contribution in [3.05, 3.63) is 29.8 Å². The number of anilines is 1. The fraction of sp³-hybridized carbons (Fsp3) is 0.273. The van der Waals surface area contributed by atoms with Crippen molar-refractivity contribution >= 4 is 18.1 Å². The molecule has 1 rings (SSSR count). The maximum absolute atomic E-state index is 13.5. The zero-order valence-corrected chi connectivity index (χ0v) is 10.6. The lowest BCUT2D eigenvalue weighted by atomic mass is 10.3. The molecule has 1 aromatic rings. The van der Waals surface area contributed by atoms with Crippen LogP contribution in [0.1, 0.15) is 0 Å². The molecule has 9 heteroatoms. The molecule has 0 atom stereocenters. The van der Waals surface area contributed by atoms with Crippen LogP contribution < -0.4 is 4.90 Å². The van der Waals surface area contributed by atoms with Gasteiger partial charge in [-0.2, -0.15) is 13.8 Å². The summed E-state index contributed by atoms with van der Waals surface area (Å²) in [5.74, 6) is -1.71. The molecule has 0 bridgehead atoms. The topological polar surface area (TPSA) is 43.9 Å². The van der Waals surface area contributed by atoms with Gasteiger partial charge >= 0.3 is 12.6 Å². The minimum absolute atomic E-state index is 0.184. The SMILES string of the molecule is CN(C(=O)N(C)N(C=O)C(F)F)c1cc(F)ccc1F. The van der Waals surface area contributed by atoms with Gasteiger partial charge in [-0.05, 0) is 12.1 Å². The van der Waals surface area contributed by atoms with Crippen LogP contribution in [0.4, 0.5) is 28.0 Å². The highest BCUT2D eigenvalue weighted by molar-refractivity contribution is 5.91. The minimum atomic E-state index is -3.24. The molecule has 110 valence electrons. The molecular formula is C11H11F4N3O2. The van der Waals surface area contributed by atoms with E-state index in [0.29, 0.717) is 9.91 Å². The van der Waals surface area contributed by atoms with Crippen LogP contribution in [0.3, 0.4) is 0 Å². The number of hydrogen-bond acceptors (Lipinski definition) is 2. The lowest BCUT2D eigenvalue weighted by Crippen LogP contribution is -2.50. The second-order valence-corrected chi connectivity index (χ2v) is 3.72. The van der Waals surface area contributed by atoms with Gasteiger partial charge in [0.05, 0.1) is 5.69 Å². The maximum atomic E-state index is 13.5. The molecule has 0 aliphatic carbocycles. The quantitative estimate of drug-likeness (QED) is 0.369. The van der Waals surface area contributed by atoms with Crippen LogP contribution in [0.25, 0.3) is 0 Å². The van der Waals surface area contributed by atoms with Crippen molar-refractivity contribution in [3.8, 4) is 0 Å². The van der Waals surface area contributed by atoms with Gasteiger partial charge in [-0.15, -0.1) is 0 Å². The fourth-order valence-electron chi connectivity index (χ4n) is 1.41. The summed E-state index contributed by atoms with van der Waals surface area (Å²) < 4.78 is 51.4. The number of rotatable bonds is 4. The number of alkyl halides is 2. The first-order chi connectivity index (χ1) is 9.29. The fourth-order valence-corrected chi connectivity index (χ4v) is 1.41. The van der Waals surface area contributed by atoms with Crippen molar-refractivity contribution < 1.29 is 27.2 Å². The summed E-state index contributed by atoms with van der Waals surface area (Å²) in [7, 11) is 1.96. The molecule has 0 aromatic heterocycles. The summed E-state index contributed by atoms with van der Waals surface area (Å²) >= 11 is 0. The van der Waals surface area contributed by atoms with E-state index in [1.807, 2.05) is 0 Å². The number of benzene rings is 1. The second kappa shape index (κ2) is 6.22. The molecule has 0 N–H and O–H groups in total. The minimum Gasteiger partial charge on any atom is -0.293 e. The summed E-state index contributed by atoms with van der Waals surface area (Å²) in [4.78, 5) is 22.9. The first kappa shape index (κ1) is 15.7. The van der Waals surface area contributed by atoms with Gasteiger partial charge in [0.25, 0.3) is 0 Å². The van der Waals surface area contributed by atoms with Gasteiger partial charge in [-0.1, -0.05) is 0 Å². The van der Waals surface area contributed by atoms with Crippen molar-refractivity contribution in [2.24, 2.45) is 0 Å². The van der Waals surface area contributed by atoms with E-state index in [-0.39, 0.29) is 11.4 Å². The Kier molecular flexibility index (Phi) is 4.89. The van der Waals surface area contributed by atoms with Crippen LogP contribution in [0, 0.1) is 11.6 Å². The number of carbonyl (C=O) groups excluding carboxylic acids is 2. The summed E-state index contributed by atoms with van der Waals surface area (Å²) in [6, 6.07) is 1.23. The van der Waals surface area contributed by atoms with Crippen LogP contribution in [0.2, 0.25) is 0 Å². The Balaban J connectivity index is 3.01. The molecule has 0 spiro atoms. The standard InChI is InChI=1S/C11H11F4N3O2/c1-16(9-5-7(12)3-4-8(9)13)11(20)17(2)18(6-19)10(14)15/h3-6,10H,1-2H3. The maximum Gasteiger partial charge on any atom is 0.343 e. The van der Waals surface area contributed by atoms with Crippen molar-refractivity contribution in [1.29, 1.82) is 0 Å². The van der Waals surface area contributed by atoms with Crippen LogP contribution in [-0.2, 0) is 4.79 Å². The monoisotopic (exact) mass is 293 g/mol. The predicted octanol–water partition coefficient (Wildman–Crippen LogP) is 2.05. The molecule has 0 heterocycles. The third-order valence-electron chi connectivity index (χ3n) is 2.49. The first-order valence-corrected chi connectivity index (χ1v) is 5.27. The van der Waals surface area contributed by atoms with E-state index in [4.69, 9.17) is 0 Å². The molecule has 0 aliphatic rings. The molecule has 20 heavy (non-hydrogen) atoms. The molecule has 0 saturated carbocycles. The molecule has 0 aliphatic heterocycles. The van der Waals surface area contributed by atoms with E-state index in [9.17, 15) is 27.2 Å². The number of amides is 3. The van der Waals surface area contributed by atoms with E-state index in [1.54, 1.807) is 0 Å². The van der Waals surface area contributed by atoms with Gasteiger partial charge in [0.1, 0.15) is 11.6 Å². The van der Waals surface area contributed by atoms with Crippen LogP contribution in [0.5, 0.6) is 0 Å². The average molecular weight is 293 g/mol. The zero-order valence-electron chi connectivity index (χ0n) is 10.6. The van der Waals surface area contributed by atoms with Gasteiger partial charge in [0, 0.05) is 20.2 Å². The van der Waals surface area contributed by atoms with Gasteiger partial charge in [0.15, 0.2) is 0 Å². The molecule has 0 radical (unpaired) electrons. The Bertz CT molecular complexity index is 512. The van der Waals surface area contributed by atoms with Gasteiger partial charge in [0.2, 0.25) is 6.41 Å². The number of urea groups is 1. The Labute approximate surface area is 111 Å². The highest BCUT2D eigenvalue weighted by Gasteiger charge is 2.27. The van der Waals surface area contributed by atoms with Gasteiger partial charge < -0.3 is 0 Å². The summed E-state index contributed by atoms with van der Waals surface area (Å²) in [5, 5.41) is 0.109. The van der Waals surface area contributed by atoms with E-state index in [0.717, 1.165) is 32.3 Å². The lowest BCUT2D eigenvalue weighted by Gasteiger charge is -2.31. The molecule has 0 fully saturated rings.